The lowest BCUT2D eigenvalue weighted by Gasteiger charge is -2.31. The van der Waals surface area contributed by atoms with Crippen LogP contribution in [0.1, 0.15) is 26.7 Å². The number of ether oxygens (including phenoxy) is 2. The lowest BCUT2D eigenvalue weighted by atomic mass is 9.96. The van der Waals surface area contributed by atoms with E-state index in [1.807, 2.05) is 0 Å². The first-order valence-corrected chi connectivity index (χ1v) is 3.87. The lowest BCUT2D eigenvalue weighted by molar-refractivity contribution is -0.173. The normalized spacial score (nSPS) is 29.3. The third-order valence-corrected chi connectivity index (χ3v) is 1.80. The summed E-state index contributed by atoms with van der Waals surface area (Å²) in [7, 11) is 0. The summed E-state index contributed by atoms with van der Waals surface area (Å²) in [6.07, 6.45) is 0.741. The van der Waals surface area contributed by atoms with E-state index < -0.39 is 5.60 Å². The van der Waals surface area contributed by atoms with Crippen molar-refractivity contribution < 1.29 is 19.1 Å². The Morgan fingerprint density at radius 3 is 2.83 bits per heavy atom. The molecule has 0 aromatic rings. The standard InChI is InChI=1S/C8H12O4/c1-6(9)12-8(2)3-4-11-7(10)5-8/h3-5H2,1-2H3. The molecule has 68 valence electrons. The fourth-order valence-electron chi connectivity index (χ4n) is 1.26. The van der Waals surface area contributed by atoms with Gasteiger partial charge in [0.25, 0.3) is 0 Å². The average Bonchev–Trinajstić information content (AvgIpc) is 1.82. The zero-order valence-corrected chi connectivity index (χ0v) is 7.25. The maximum atomic E-state index is 10.8. The van der Waals surface area contributed by atoms with Crippen molar-refractivity contribution in [3.63, 3.8) is 0 Å². The molecule has 1 fully saturated rings. The summed E-state index contributed by atoms with van der Waals surface area (Å²) in [6.45, 7) is 3.42. The second-order valence-corrected chi connectivity index (χ2v) is 3.19. The van der Waals surface area contributed by atoms with Gasteiger partial charge in [-0.25, -0.2) is 0 Å². The number of cyclic esters (lactones) is 1. The molecule has 1 saturated heterocycles. The third-order valence-electron chi connectivity index (χ3n) is 1.80. The molecule has 12 heavy (non-hydrogen) atoms. The Hall–Kier alpha value is -1.06. The zero-order valence-electron chi connectivity index (χ0n) is 7.25. The van der Waals surface area contributed by atoms with Gasteiger partial charge in [-0.05, 0) is 6.92 Å². The van der Waals surface area contributed by atoms with Crippen LogP contribution >= 0.6 is 0 Å². The largest absolute Gasteiger partial charge is 0.465 e. The molecule has 1 heterocycles. The van der Waals surface area contributed by atoms with E-state index in [1.54, 1.807) is 6.92 Å². The third kappa shape index (κ3) is 2.22. The summed E-state index contributed by atoms with van der Waals surface area (Å²) >= 11 is 0. The predicted octanol–water partition coefficient (Wildman–Crippen LogP) is 0.645. The molecule has 4 heteroatoms. The van der Waals surface area contributed by atoms with Gasteiger partial charge in [0.2, 0.25) is 0 Å². The van der Waals surface area contributed by atoms with Gasteiger partial charge in [0.15, 0.2) is 0 Å². The number of hydrogen-bond donors (Lipinski definition) is 0. The van der Waals surface area contributed by atoms with Crippen LogP contribution in [0.25, 0.3) is 0 Å². The molecule has 0 spiro atoms. The van der Waals surface area contributed by atoms with Crippen molar-refractivity contribution in [3.8, 4) is 0 Å². The van der Waals surface area contributed by atoms with E-state index in [0.717, 1.165) is 0 Å². The van der Waals surface area contributed by atoms with Gasteiger partial charge >= 0.3 is 11.9 Å². The van der Waals surface area contributed by atoms with Crippen molar-refractivity contribution in [2.24, 2.45) is 0 Å². The SMILES string of the molecule is CC(=O)OC1(C)CCOC(=O)C1. The second-order valence-electron chi connectivity index (χ2n) is 3.19. The van der Waals surface area contributed by atoms with Crippen LogP contribution < -0.4 is 0 Å². The fourth-order valence-corrected chi connectivity index (χ4v) is 1.26. The monoisotopic (exact) mass is 172 g/mol. The summed E-state index contributed by atoms with van der Waals surface area (Å²) in [5, 5.41) is 0. The Labute approximate surface area is 70.8 Å². The minimum Gasteiger partial charge on any atom is -0.465 e. The first kappa shape index (κ1) is 9.03. The van der Waals surface area contributed by atoms with Gasteiger partial charge in [-0.2, -0.15) is 0 Å². The Balaban J connectivity index is 2.57. The molecule has 0 amide bonds. The molecule has 0 aromatic heterocycles. The van der Waals surface area contributed by atoms with E-state index in [-0.39, 0.29) is 18.4 Å². The molecule has 0 bridgehead atoms. The first-order chi connectivity index (χ1) is 5.52. The summed E-state index contributed by atoms with van der Waals surface area (Å²) in [6, 6.07) is 0. The highest BCUT2D eigenvalue weighted by Crippen LogP contribution is 2.24. The Kier molecular flexibility index (Phi) is 2.35. The van der Waals surface area contributed by atoms with Crippen LogP contribution in [0.3, 0.4) is 0 Å². The van der Waals surface area contributed by atoms with Gasteiger partial charge in [-0.1, -0.05) is 0 Å². The topological polar surface area (TPSA) is 52.6 Å². The van der Waals surface area contributed by atoms with Gasteiger partial charge < -0.3 is 9.47 Å². The molecule has 0 aliphatic carbocycles. The van der Waals surface area contributed by atoms with Crippen LogP contribution in [0.4, 0.5) is 0 Å². The van der Waals surface area contributed by atoms with E-state index in [2.05, 4.69) is 0 Å². The van der Waals surface area contributed by atoms with Crippen LogP contribution in [0.5, 0.6) is 0 Å². The van der Waals surface area contributed by atoms with Crippen molar-refractivity contribution >= 4 is 11.9 Å². The Bertz CT molecular complexity index is 207. The van der Waals surface area contributed by atoms with Crippen LogP contribution in [-0.4, -0.2) is 24.1 Å². The number of carbonyl (C=O) groups excluding carboxylic acids is 2. The molecule has 1 unspecified atom stereocenters. The summed E-state index contributed by atoms with van der Waals surface area (Å²) in [5.74, 6) is -0.655. The Morgan fingerprint density at radius 2 is 2.33 bits per heavy atom. The van der Waals surface area contributed by atoms with Crippen LogP contribution in [0, 0.1) is 0 Å². The highest BCUT2D eigenvalue weighted by Gasteiger charge is 2.35. The van der Waals surface area contributed by atoms with E-state index in [9.17, 15) is 9.59 Å². The Morgan fingerprint density at radius 1 is 1.67 bits per heavy atom. The molecule has 0 radical (unpaired) electrons. The number of carbonyl (C=O) groups is 2. The molecule has 1 atom stereocenters. The van der Waals surface area contributed by atoms with E-state index >= 15 is 0 Å². The number of esters is 2. The fraction of sp³-hybridized carbons (Fsp3) is 0.750. The van der Waals surface area contributed by atoms with Crippen LogP contribution in [-0.2, 0) is 19.1 Å². The molecule has 0 saturated carbocycles. The second kappa shape index (κ2) is 3.13. The lowest BCUT2D eigenvalue weighted by Crippen LogP contribution is -2.39. The maximum absolute atomic E-state index is 10.8. The van der Waals surface area contributed by atoms with Crippen molar-refractivity contribution in [2.45, 2.75) is 32.3 Å². The molecule has 1 rings (SSSR count). The van der Waals surface area contributed by atoms with Crippen molar-refractivity contribution in [3.05, 3.63) is 0 Å². The molecule has 0 N–H and O–H groups in total. The van der Waals surface area contributed by atoms with Crippen molar-refractivity contribution in [1.82, 2.24) is 0 Å². The predicted molar refractivity (Wildman–Crippen MR) is 40.4 cm³/mol. The molecular formula is C8H12O4. The summed E-state index contributed by atoms with van der Waals surface area (Å²) in [4.78, 5) is 21.5. The maximum Gasteiger partial charge on any atom is 0.309 e. The van der Waals surface area contributed by atoms with Gasteiger partial charge in [0.05, 0.1) is 13.0 Å². The minimum atomic E-state index is -0.652. The van der Waals surface area contributed by atoms with Crippen LogP contribution in [0.15, 0.2) is 0 Å². The molecular weight excluding hydrogens is 160 g/mol. The summed E-state index contributed by atoms with van der Waals surface area (Å²) in [5.41, 5.74) is -0.652. The quantitative estimate of drug-likeness (QED) is 0.545. The van der Waals surface area contributed by atoms with E-state index in [1.165, 1.54) is 6.92 Å². The van der Waals surface area contributed by atoms with Crippen LogP contribution in [0.2, 0.25) is 0 Å². The first-order valence-electron chi connectivity index (χ1n) is 3.87. The molecule has 0 aromatic carbocycles. The van der Waals surface area contributed by atoms with Gasteiger partial charge in [0, 0.05) is 13.3 Å². The zero-order chi connectivity index (χ0) is 9.19. The molecule has 1 aliphatic heterocycles. The molecule has 4 nitrogen and oxygen atoms in total. The summed E-state index contributed by atoms with van der Waals surface area (Å²) < 4.78 is 9.73. The van der Waals surface area contributed by atoms with E-state index in [4.69, 9.17) is 9.47 Å². The van der Waals surface area contributed by atoms with E-state index in [0.29, 0.717) is 13.0 Å². The van der Waals surface area contributed by atoms with Crippen molar-refractivity contribution in [1.29, 1.82) is 0 Å². The number of rotatable bonds is 1. The highest BCUT2D eigenvalue weighted by atomic mass is 16.6. The van der Waals surface area contributed by atoms with Gasteiger partial charge in [0.1, 0.15) is 5.60 Å². The average molecular weight is 172 g/mol. The minimum absolute atomic E-state index is 0.159. The number of hydrogen-bond acceptors (Lipinski definition) is 4. The van der Waals surface area contributed by atoms with Crippen molar-refractivity contribution in [2.75, 3.05) is 6.61 Å². The van der Waals surface area contributed by atoms with Gasteiger partial charge in [-0.3, -0.25) is 9.59 Å². The van der Waals surface area contributed by atoms with Gasteiger partial charge in [-0.15, -0.1) is 0 Å². The molecule has 1 aliphatic rings. The smallest absolute Gasteiger partial charge is 0.309 e. The highest BCUT2D eigenvalue weighted by molar-refractivity contribution is 5.73.